The number of rotatable bonds is 7. The Labute approximate surface area is 153 Å². The van der Waals surface area contributed by atoms with Crippen molar-refractivity contribution in [3.63, 3.8) is 0 Å². The second-order valence-electron chi connectivity index (χ2n) is 7.08. The van der Waals surface area contributed by atoms with Crippen molar-refractivity contribution in [2.45, 2.75) is 66.0 Å². The molecule has 6 heteroatoms. The molecule has 1 aromatic heterocycles. The fourth-order valence-electron chi connectivity index (χ4n) is 3.40. The van der Waals surface area contributed by atoms with E-state index >= 15 is 0 Å². The van der Waals surface area contributed by atoms with E-state index in [1.54, 1.807) is 0 Å². The summed E-state index contributed by atoms with van der Waals surface area (Å²) in [4.78, 5) is 7.40. The van der Waals surface area contributed by atoms with E-state index in [-0.39, 0.29) is 0 Å². The molecule has 1 fully saturated rings. The molecule has 0 spiro atoms. The monoisotopic (exact) mass is 348 g/mol. The van der Waals surface area contributed by atoms with Crippen molar-refractivity contribution in [2.75, 3.05) is 26.2 Å². The van der Waals surface area contributed by atoms with Gasteiger partial charge in [-0.3, -0.25) is 4.68 Å². The summed E-state index contributed by atoms with van der Waals surface area (Å²) in [6.45, 7) is 13.7. The van der Waals surface area contributed by atoms with Gasteiger partial charge in [0, 0.05) is 44.0 Å². The van der Waals surface area contributed by atoms with Crippen molar-refractivity contribution in [2.24, 2.45) is 12.0 Å². The van der Waals surface area contributed by atoms with Crippen LogP contribution in [0.1, 0.15) is 56.5 Å². The van der Waals surface area contributed by atoms with E-state index in [4.69, 9.17) is 4.99 Å². The Morgan fingerprint density at radius 3 is 2.52 bits per heavy atom. The van der Waals surface area contributed by atoms with Crippen molar-refractivity contribution in [1.82, 2.24) is 25.3 Å². The first-order valence-corrected chi connectivity index (χ1v) is 9.81. The third-order valence-electron chi connectivity index (χ3n) is 5.15. The van der Waals surface area contributed by atoms with Crippen molar-refractivity contribution in [1.29, 1.82) is 0 Å². The first-order chi connectivity index (χ1) is 12.0. The minimum absolute atomic E-state index is 0.520. The number of nitrogens with one attached hydrogen (secondary N) is 2. The van der Waals surface area contributed by atoms with Gasteiger partial charge >= 0.3 is 0 Å². The maximum absolute atomic E-state index is 4.81. The fraction of sp³-hybridized carbons (Fsp3) is 0.789. The van der Waals surface area contributed by atoms with Crippen LogP contribution in [0.2, 0.25) is 0 Å². The molecule has 1 saturated heterocycles. The van der Waals surface area contributed by atoms with Crippen LogP contribution >= 0.6 is 0 Å². The molecule has 0 aromatic carbocycles. The van der Waals surface area contributed by atoms with Gasteiger partial charge in [0.1, 0.15) is 0 Å². The summed E-state index contributed by atoms with van der Waals surface area (Å²) >= 11 is 0. The molecule has 25 heavy (non-hydrogen) atoms. The normalized spacial score (nSPS) is 17.1. The first kappa shape index (κ1) is 19.8. The number of hydrogen-bond donors (Lipinski definition) is 2. The fourth-order valence-corrected chi connectivity index (χ4v) is 3.40. The van der Waals surface area contributed by atoms with E-state index in [0.29, 0.717) is 12.6 Å². The molecule has 142 valence electrons. The summed E-state index contributed by atoms with van der Waals surface area (Å²) in [7, 11) is 1.99. The Hall–Kier alpha value is -1.56. The van der Waals surface area contributed by atoms with Gasteiger partial charge in [-0.1, -0.05) is 13.3 Å². The number of aromatic nitrogens is 2. The van der Waals surface area contributed by atoms with Gasteiger partial charge < -0.3 is 15.5 Å². The molecular formula is C19H36N6. The molecule has 2 rings (SSSR count). The zero-order chi connectivity index (χ0) is 18.2. The standard InChI is InChI=1S/C19H36N6/c1-6-8-11-25-12-9-17(10-13-25)22-19(20-7-2)21-14-18-15(3)23-24(5)16(18)4/h17H,6-14H2,1-5H3,(H2,20,21,22). The molecular weight excluding hydrogens is 312 g/mol. The quantitative estimate of drug-likeness (QED) is 0.587. The molecule has 0 aliphatic carbocycles. The van der Waals surface area contributed by atoms with E-state index in [1.165, 1.54) is 56.6 Å². The van der Waals surface area contributed by atoms with Gasteiger partial charge in [0.2, 0.25) is 0 Å². The number of likely N-dealkylation sites (tertiary alicyclic amines) is 1. The van der Waals surface area contributed by atoms with Gasteiger partial charge in [0.15, 0.2) is 5.96 Å². The lowest BCUT2D eigenvalue weighted by atomic mass is 10.0. The van der Waals surface area contributed by atoms with E-state index in [2.05, 4.69) is 48.3 Å². The lowest BCUT2D eigenvalue weighted by molar-refractivity contribution is 0.203. The van der Waals surface area contributed by atoms with Crippen LogP contribution in [0.15, 0.2) is 4.99 Å². The largest absolute Gasteiger partial charge is 0.357 e. The smallest absolute Gasteiger partial charge is 0.191 e. The van der Waals surface area contributed by atoms with E-state index in [1.807, 2.05) is 11.7 Å². The van der Waals surface area contributed by atoms with Crippen molar-refractivity contribution in [3.05, 3.63) is 17.0 Å². The predicted molar refractivity (Wildman–Crippen MR) is 105 cm³/mol. The second-order valence-corrected chi connectivity index (χ2v) is 7.08. The van der Waals surface area contributed by atoms with Gasteiger partial charge in [-0.2, -0.15) is 5.10 Å². The van der Waals surface area contributed by atoms with Crippen LogP contribution in [0.3, 0.4) is 0 Å². The molecule has 0 radical (unpaired) electrons. The molecule has 1 aliphatic rings. The lowest BCUT2D eigenvalue weighted by Crippen LogP contribution is -2.48. The highest BCUT2D eigenvalue weighted by Gasteiger charge is 2.19. The second kappa shape index (κ2) is 9.80. The highest BCUT2D eigenvalue weighted by Crippen LogP contribution is 2.14. The van der Waals surface area contributed by atoms with Crippen LogP contribution in [0, 0.1) is 13.8 Å². The van der Waals surface area contributed by atoms with Crippen LogP contribution < -0.4 is 10.6 Å². The van der Waals surface area contributed by atoms with Crippen molar-refractivity contribution >= 4 is 5.96 Å². The van der Waals surface area contributed by atoms with Gasteiger partial charge in [0.25, 0.3) is 0 Å². The molecule has 1 aliphatic heterocycles. The van der Waals surface area contributed by atoms with Crippen molar-refractivity contribution in [3.8, 4) is 0 Å². The zero-order valence-electron chi connectivity index (χ0n) is 16.7. The molecule has 0 saturated carbocycles. The molecule has 6 nitrogen and oxygen atoms in total. The summed E-state index contributed by atoms with van der Waals surface area (Å²) in [5.41, 5.74) is 3.50. The zero-order valence-corrected chi connectivity index (χ0v) is 16.7. The van der Waals surface area contributed by atoms with Crippen molar-refractivity contribution < 1.29 is 0 Å². The van der Waals surface area contributed by atoms with Gasteiger partial charge in [0.05, 0.1) is 12.2 Å². The SMILES string of the molecule is CCCCN1CCC(NC(=NCc2c(C)nn(C)c2C)NCC)CC1. The lowest BCUT2D eigenvalue weighted by Gasteiger charge is -2.33. The predicted octanol–water partition coefficient (Wildman–Crippen LogP) is 2.36. The summed E-state index contributed by atoms with van der Waals surface area (Å²) in [5.74, 6) is 0.928. The Morgan fingerprint density at radius 1 is 1.24 bits per heavy atom. The molecule has 0 unspecified atom stereocenters. The highest BCUT2D eigenvalue weighted by molar-refractivity contribution is 5.80. The van der Waals surface area contributed by atoms with Crippen LogP contribution in [-0.2, 0) is 13.6 Å². The maximum Gasteiger partial charge on any atom is 0.191 e. The number of unbranched alkanes of at least 4 members (excludes halogenated alkanes) is 1. The molecule has 0 atom stereocenters. The molecule has 0 amide bonds. The van der Waals surface area contributed by atoms with Gasteiger partial charge in [-0.05, 0) is 46.6 Å². The molecule has 2 N–H and O–H groups in total. The first-order valence-electron chi connectivity index (χ1n) is 9.81. The minimum atomic E-state index is 0.520. The molecule has 1 aromatic rings. The van der Waals surface area contributed by atoms with Gasteiger partial charge in [-0.25, -0.2) is 4.99 Å². The minimum Gasteiger partial charge on any atom is -0.357 e. The number of piperidine rings is 1. The number of aryl methyl sites for hydroxylation is 2. The summed E-state index contributed by atoms with van der Waals surface area (Å²) in [6.07, 6.45) is 4.98. The topological polar surface area (TPSA) is 57.5 Å². The van der Waals surface area contributed by atoms with Crippen LogP contribution in [0.4, 0.5) is 0 Å². The molecule has 2 heterocycles. The van der Waals surface area contributed by atoms with E-state index < -0.39 is 0 Å². The Morgan fingerprint density at radius 2 is 1.96 bits per heavy atom. The third kappa shape index (κ3) is 5.73. The molecule has 0 bridgehead atoms. The third-order valence-corrected chi connectivity index (χ3v) is 5.15. The maximum atomic E-state index is 4.81. The number of aliphatic imine (C=N–C) groups is 1. The highest BCUT2D eigenvalue weighted by atomic mass is 15.3. The van der Waals surface area contributed by atoms with Crippen LogP contribution in [0.25, 0.3) is 0 Å². The number of nitrogens with zero attached hydrogens (tertiary/aromatic N) is 4. The Kier molecular flexibility index (Phi) is 7.75. The summed E-state index contributed by atoms with van der Waals surface area (Å²) in [5, 5.41) is 11.5. The Bertz CT molecular complexity index is 555. The average Bonchev–Trinajstić information content (AvgIpc) is 2.84. The number of guanidine groups is 1. The van der Waals surface area contributed by atoms with E-state index in [9.17, 15) is 0 Å². The van der Waals surface area contributed by atoms with E-state index in [0.717, 1.165) is 18.2 Å². The number of hydrogen-bond acceptors (Lipinski definition) is 3. The average molecular weight is 349 g/mol. The van der Waals surface area contributed by atoms with Gasteiger partial charge in [-0.15, -0.1) is 0 Å². The van der Waals surface area contributed by atoms with Crippen LogP contribution in [0.5, 0.6) is 0 Å². The van der Waals surface area contributed by atoms with Crippen LogP contribution in [-0.4, -0.2) is 52.9 Å². The summed E-state index contributed by atoms with van der Waals surface area (Å²) < 4.78 is 1.94. The summed E-state index contributed by atoms with van der Waals surface area (Å²) in [6, 6.07) is 0.520. The Balaban J connectivity index is 1.90.